The monoisotopic (exact) mass is 898 g/mol. The molecule has 6 aliphatic rings. The Bertz CT molecular complexity index is 2300. The molecule has 14 atom stereocenters. The van der Waals surface area contributed by atoms with Crippen LogP contribution in [0.4, 0.5) is 0 Å². The lowest BCUT2D eigenvalue weighted by Gasteiger charge is -2.53. The van der Waals surface area contributed by atoms with Crippen LogP contribution < -0.4 is 0 Å². The van der Waals surface area contributed by atoms with E-state index in [1.807, 2.05) is 81.4 Å². The van der Waals surface area contributed by atoms with Crippen LogP contribution in [0.25, 0.3) is 12.2 Å². The van der Waals surface area contributed by atoms with Crippen molar-refractivity contribution in [1.29, 1.82) is 0 Å². The second-order valence-electron chi connectivity index (χ2n) is 20.3. The lowest BCUT2D eigenvalue weighted by atomic mass is 9.69. The number of imidazole rings is 1. The summed E-state index contributed by atoms with van der Waals surface area (Å²) in [6.07, 6.45) is 13.1. The summed E-state index contributed by atoms with van der Waals surface area (Å²) in [5, 5.41) is 10.9. The molecule has 14 unspecified atom stereocenters. The summed E-state index contributed by atoms with van der Waals surface area (Å²) >= 11 is 0. The number of aliphatic hydroxyl groups excluding tert-OH is 1. The van der Waals surface area contributed by atoms with Gasteiger partial charge in [-0.2, -0.15) is 8.42 Å². The number of aliphatic hydroxyl groups is 1. The molecule has 2 aromatic carbocycles. The molecule has 0 amide bonds. The smallest absolute Gasteiger partial charge is 0.367 e. The Balaban J connectivity index is 0.000000181. The fourth-order valence-corrected chi connectivity index (χ4v) is 13.7. The lowest BCUT2D eigenvalue weighted by Crippen LogP contribution is -2.62. The van der Waals surface area contributed by atoms with E-state index in [0.29, 0.717) is 24.7 Å². The Labute approximate surface area is 379 Å². The molecule has 5 heterocycles. The van der Waals surface area contributed by atoms with Crippen molar-refractivity contribution in [1.82, 2.24) is 8.96 Å². The molecule has 4 bridgehead atoms. The maximum atomic E-state index is 13.1. The molecular weight excluding hydrogens is 833 g/mol. The number of hydrogen-bond acceptors (Lipinski definition) is 11. The fraction of sp³-hybridized carbons (Fsp3) is 0.588. The minimum absolute atomic E-state index is 0.000708. The molecule has 0 radical (unpaired) electrons. The predicted octanol–water partition coefficient (Wildman–Crippen LogP) is 8.46. The number of esters is 2. The van der Waals surface area contributed by atoms with E-state index in [1.54, 1.807) is 12.2 Å². The van der Waals surface area contributed by atoms with Gasteiger partial charge in [0.15, 0.2) is 0 Å². The normalized spacial score (nSPS) is 38.6. The van der Waals surface area contributed by atoms with Crippen LogP contribution in [0, 0.1) is 47.3 Å². The molecular formula is C51H66N2O10S. The van der Waals surface area contributed by atoms with Crippen LogP contribution in [0.3, 0.4) is 0 Å². The zero-order chi connectivity index (χ0) is 45.8. The Morgan fingerprint density at radius 2 is 1.22 bits per heavy atom. The Morgan fingerprint density at radius 3 is 1.69 bits per heavy atom. The largest absolute Gasteiger partial charge is 0.456 e. The highest BCUT2D eigenvalue weighted by atomic mass is 32.2. The van der Waals surface area contributed by atoms with E-state index < -0.39 is 57.0 Å². The quantitative estimate of drug-likeness (QED) is 0.146. The molecule has 6 fully saturated rings. The number of fused-ring (bicyclic) bond motifs is 8. The van der Waals surface area contributed by atoms with Gasteiger partial charge in [-0.3, -0.25) is 0 Å². The molecule has 0 spiro atoms. The molecule has 2 saturated carbocycles. The van der Waals surface area contributed by atoms with Crippen molar-refractivity contribution in [3.63, 3.8) is 0 Å². The number of ether oxygens (including phenoxy) is 4. The number of nitrogens with zero attached hydrogens (tertiary/aromatic N) is 2. The van der Waals surface area contributed by atoms with E-state index in [2.05, 4.69) is 39.6 Å². The first-order chi connectivity index (χ1) is 30.3. The first kappa shape index (κ1) is 46.4. The highest BCUT2D eigenvalue weighted by Crippen LogP contribution is 2.64. The van der Waals surface area contributed by atoms with Gasteiger partial charge in [0.2, 0.25) is 0 Å². The Hall–Kier alpha value is -4.14. The van der Waals surface area contributed by atoms with E-state index in [9.17, 15) is 23.1 Å². The fourth-order valence-electron chi connectivity index (χ4n) is 12.7. The molecule has 13 heteroatoms. The molecule has 4 aliphatic heterocycles. The first-order valence-corrected chi connectivity index (χ1v) is 24.6. The average molecular weight is 899 g/mol. The van der Waals surface area contributed by atoms with Gasteiger partial charge in [-0.15, -0.1) is 0 Å². The van der Waals surface area contributed by atoms with Crippen LogP contribution >= 0.6 is 0 Å². The van der Waals surface area contributed by atoms with Gasteiger partial charge in [-0.25, -0.2) is 22.7 Å². The van der Waals surface area contributed by atoms with Gasteiger partial charge in [0.05, 0.1) is 17.3 Å². The molecule has 64 heavy (non-hydrogen) atoms. The summed E-state index contributed by atoms with van der Waals surface area (Å²) in [7, 11) is -4.10. The van der Waals surface area contributed by atoms with Crippen LogP contribution in [0.1, 0.15) is 105 Å². The van der Waals surface area contributed by atoms with Gasteiger partial charge in [0.25, 0.3) is 0 Å². The first-order valence-electron chi connectivity index (χ1n) is 23.2. The van der Waals surface area contributed by atoms with Crippen LogP contribution in [0.15, 0.2) is 91.5 Å². The highest BCUT2D eigenvalue weighted by Gasteiger charge is 2.73. The second kappa shape index (κ2) is 17.6. The van der Waals surface area contributed by atoms with Crippen LogP contribution in [0.2, 0.25) is 0 Å². The van der Waals surface area contributed by atoms with Gasteiger partial charge in [0.1, 0.15) is 35.8 Å². The number of hydrogen-bond donors (Lipinski definition) is 1. The number of aromatic nitrogens is 2. The molecule has 2 aliphatic carbocycles. The van der Waals surface area contributed by atoms with Crippen LogP contribution in [-0.2, 0) is 43.0 Å². The number of rotatable bonds is 11. The topological polar surface area (TPSA) is 152 Å². The third kappa shape index (κ3) is 8.11. The maximum absolute atomic E-state index is 13.1. The minimum atomic E-state index is -4.10. The Morgan fingerprint density at radius 1 is 0.750 bits per heavy atom. The third-order valence-electron chi connectivity index (χ3n) is 16.2. The van der Waals surface area contributed by atoms with Gasteiger partial charge >= 0.3 is 22.2 Å². The van der Waals surface area contributed by atoms with Crippen molar-refractivity contribution in [2.45, 2.75) is 141 Å². The van der Waals surface area contributed by atoms with E-state index >= 15 is 0 Å². The van der Waals surface area contributed by atoms with Crippen molar-refractivity contribution in [2.24, 2.45) is 47.3 Å². The van der Waals surface area contributed by atoms with Gasteiger partial charge in [-0.05, 0) is 98.3 Å². The molecule has 12 nitrogen and oxygen atoms in total. The summed E-state index contributed by atoms with van der Waals surface area (Å²) in [5.74, 6) is 0.605. The third-order valence-corrected chi connectivity index (χ3v) is 17.4. The summed E-state index contributed by atoms with van der Waals surface area (Å²) in [6, 6.07) is 19.3. The molecule has 1 aromatic heterocycles. The van der Waals surface area contributed by atoms with Crippen molar-refractivity contribution >= 4 is 34.4 Å². The summed E-state index contributed by atoms with van der Waals surface area (Å²) in [5.41, 5.74) is -0.969. The standard InChI is InChI=1S/C27H34N2O6S.C24H32O4/c1-18(2)27-16-22(34-36(31,32)29-15-14-28-17-29)26(4,35-27)21-12-10-19(3)24(21)25(27)33-23(30)13-11-20-8-6-5-7-9-20;1-15(2)24-14-19(25)23(4,28-24)18-12-10-16(3)21(18)22(24)27-20(26)13-11-17-8-6-5-7-9-17/h5-9,11,13-15,17-19,21-22,24-25H,10,12,16H2,1-4H3;5-9,11,13,15-16,18-19,21-22,25H,10,12,14H2,1-4H3/b2*13-11+. The van der Waals surface area contributed by atoms with Crippen molar-refractivity contribution in [3.8, 4) is 0 Å². The van der Waals surface area contributed by atoms with Gasteiger partial charge < -0.3 is 24.1 Å². The van der Waals surface area contributed by atoms with Gasteiger partial charge in [-0.1, -0.05) is 102 Å². The number of carbonyl (C=O) groups excluding carboxylic acids is 2. The van der Waals surface area contributed by atoms with E-state index in [-0.39, 0.29) is 47.6 Å². The van der Waals surface area contributed by atoms with Gasteiger partial charge in [0, 0.05) is 49.2 Å². The predicted molar refractivity (Wildman–Crippen MR) is 242 cm³/mol. The summed E-state index contributed by atoms with van der Waals surface area (Å²) in [4.78, 5) is 29.7. The molecule has 3 aromatic rings. The molecule has 9 rings (SSSR count). The minimum Gasteiger partial charge on any atom is -0.456 e. The van der Waals surface area contributed by atoms with Crippen LogP contribution in [-0.4, -0.2) is 81.2 Å². The molecule has 346 valence electrons. The van der Waals surface area contributed by atoms with E-state index in [0.717, 1.165) is 40.8 Å². The summed E-state index contributed by atoms with van der Waals surface area (Å²) in [6.45, 7) is 16.8. The van der Waals surface area contributed by atoms with Crippen molar-refractivity contribution < 1.29 is 46.2 Å². The van der Waals surface area contributed by atoms with E-state index in [4.69, 9.17) is 23.1 Å². The zero-order valence-electron chi connectivity index (χ0n) is 38.4. The average Bonchev–Trinajstić information content (AvgIpc) is 4.10. The highest BCUT2D eigenvalue weighted by molar-refractivity contribution is 7.85. The summed E-state index contributed by atoms with van der Waals surface area (Å²) < 4.78 is 58.7. The Kier molecular flexibility index (Phi) is 12.7. The molecule has 4 saturated heterocycles. The van der Waals surface area contributed by atoms with Crippen molar-refractivity contribution in [2.75, 3.05) is 0 Å². The number of carbonyl (C=O) groups is 2. The SMILES string of the molecule is CC1CCC2C1C(OC(=O)/C=C/c1ccccc1)C1(C(C)C)CC(O)C2(C)O1.CC1CCC2C1C(OC(=O)/C=C/c1ccccc1)C1(C(C)C)CC(OS(=O)(=O)n3ccnc3)C2(C)O1. The number of benzene rings is 2. The lowest BCUT2D eigenvalue weighted by molar-refractivity contribution is -0.263. The van der Waals surface area contributed by atoms with Crippen LogP contribution in [0.5, 0.6) is 0 Å². The second-order valence-corrected chi connectivity index (χ2v) is 21.8. The van der Waals surface area contributed by atoms with E-state index in [1.165, 1.54) is 30.9 Å². The zero-order valence-corrected chi connectivity index (χ0v) is 39.2. The van der Waals surface area contributed by atoms with Crippen molar-refractivity contribution in [3.05, 3.63) is 103 Å². The maximum Gasteiger partial charge on any atom is 0.367 e. The molecule has 1 N–H and O–H groups in total.